The maximum atomic E-state index is 13.4. The Kier molecular flexibility index (Phi) is 5.71. The number of rotatable bonds is 5. The van der Waals surface area contributed by atoms with Crippen LogP contribution in [0.15, 0.2) is 24.3 Å². The molecule has 3 unspecified atom stereocenters. The van der Waals surface area contributed by atoms with Crippen molar-refractivity contribution in [1.29, 1.82) is 0 Å². The van der Waals surface area contributed by atoms with E-state index >= 15 is 0 Å². The zero-order chi connectivity index (χ0) is 13.7. The van der Waals surface area contributed by atoms with Crippen LogP contribution in [-0.2, 0) is 0 Å². The highest BCUT2D eigenvalue weighted by Gasteiger charge is 2.26. The first kappa shape index (κ1) is 14.9. The van der Waals surface area contributed by atoms with Gasteiger partial charge in [0.1, 0.15) is 5.82 Å². The monoisotopic (exact) mass is 281 g/mol. The Labute approximate surface area is 120 Å². The van der Waals surface area contributed by atoms with E-state index in [1.54, 1.807) is 6.07 Å². The number of nitrogens with one attached hydrogen (secondary N) is 1. The summed E-state index contributed by atoms with van der Waals surface area (Å²) in [4.78, 5) is 0. The Balaban J connectivity index is 2.05. The fourth-order valence-electron chi connectivity index (χ4n) is 3.00. The minimum Gasteiger partial charge on any atom is -0.306 e. The van der Waals surface area contributed by atoms with Gasteiger partial charge in [-0.3, -0.25) is 0 Å². The van der Waals surface area contributed by atoms with Crippen LogP contribution in [0.1, 0.15) is 50.6 Å². The van der Waals surface area contributed by atoms with E-state index in [1.807, 2.05) is 23.9 Å². The summed E-state index contributed by atoms with van der Waals surface area (Å²) in [6.07, 6.45) is 8.42. The maximum absolute atomic E-state index is 13.4. The van der Waals surface area contributed by atoms with E-state index in [-0.39, 0.29) is 11.9 Å². The van der Waals surface area contributed by atoms with Crippen molar-refractivity contribution in [3.8, 4) is 0 Å². The van der Waals surface area contributed by atoms with Crippen LogP contribution in [0.5, 0.6) is 0 Å². The fraction of sp³-hybridized carbons (Fsp3) is 0.625. The van der Waals surface area contributed by atoms with Gasteiger partial charge in [-0.25, -0.2) is 4.39 Å². The first-order valence-electron chi connectivity index (χ1n) is 7.29. The summed E-state index contributed by atoms with van der Waals surface area (Å²) in [5.74, 6) is -0.136. The van der Waals surface area contributed by atoms with Crippen LogP contribution in [0.25, 0.3) is 0 Å². The highest BCUT2D eigenvalue weighted by Crippen LogP contribution is 2.29. The molecule has 1 aromatic rings. The summed E-state index contributed by atoms with van der Waals surface area (Å²) >= 11 is 1.97. The van der Waals surface area contributed by atoms with Crippen molar-refractivity contribution in [3.63, 3.8) is 0 Å². The third-order valence-corrected chi connectivity index (χ3v) is 5.25. The SMILES string of the molecule is CCC(NC1CCCCC1SC)c1cccc(F)c1. The minimum atomic E-state index is -0.136. The van der Waals surface area contributed by atoms with Gasteiger partial charge in [0, 0.05) is 17.3 Å². The van der Waals surface area contributed by atoms with Crippen molar-refractivity contribution in [1.82, 2.24) is 5.32 Å². The molecule has 0 saturated heterocycles. The highest BCUT2D eigenvalue weighted by atomic mass is 32.2. The highest BCUT2D eigenvalue weighted by molar-refractivity contribution is 7.99. The van der Waals surface area contributed by atoms with Crippen LogP contribution < -0.4 is 5.32 Å². The molecule has 1 saturated carbocycles. The number of hydrogen-bond acceptors (Lipinski definition) is 2. The molecule has 0 amide bonds. The molecule has 1 nitrogen and oxygen atoms in total. The second kappa shape index (κ2) is 7.30. The van der Waals surface area contributed by atoms with E-state index in [1.165, 1.54) is 31.7 Å². The average molecular weight is 281 g/mol. The van der Waals surface area contributed by atoms with Gasteiger partial charge in [-0.2, -0.15) is 11.8 Å². The molecule has 3 atom stereocenters. The van der Waals surface area contributed by atoms with Crippen molar-refractivity contribution in [3.05, 3.63) is 35.6 Å². The fourth-order valence-corrected chi connectivity index (χ4v) is 3.95. The Bertz CT molecular complexity index is 396. The Hall–Kier alpha value is -0.540. The third kappa shape index (κ3) is 3.96. The van der Waals surface area contributed by atoms with Gasteiger partial charge < -0.3 is 5.32 Å². The second-order valence-electron chi connectivity index (χ2n) is 5.35. The molecule has 2 rings (SSSR count). The predicted molar refractivity (Wildman–Crippen MR) is 82.1 cm³/mol. The molecule has 0 heterocycles. The average Bonchev–Trinajstić information content (AvgIpc) is 2.45. The van der Waals surface area contributed by atoms with Crippen molar-refractivity contribution >= 4 is 11.8 Å². The van der Waals surface area contributed by atoms with Gasteiger partial charge >= 0.3 is 0 Å². The van der Waals surface area contributed by atoms with Crippen molar-refractivity contribution in [2.24, 2.45) is 0 Å². The first-order valence-corrected chi connectivity index (χ1v) is 8.57. The van der Waals surface area contributed by atoms with Gasteiger partial charge in [-0.05, 0) is 43.2 Å². The predicted octanol–water partition coefficient (Wildman–Crippen LogP) is 4.54. The molecule has 1 fully saturated rings. The molecule has 0 spiro atoms. The molecular weight excluding hydrogens is 257 g/mol. The lowest BCUT2D eigenvalue weighted by atomic mass is 9.93. The lowest BCUT2D eigenvalue weighted by Gasteiger charge is -2.34. The van der Waals surface area contributed by atoms with Crippen molar-refractivity contribution in [2.45, 2.75) is 56.4 Å². The van der Waals surface area contributed by atoms with Crippen LogP contribution in [0.3, 0.4) is 0 Å². The molecule has 1 aliphatic carbocycles. The smallest absolute Gasteiger partial charge is 0.123 e. The van der Waals surface area contributed by atoms with Gasteiger partial charge in [-0.15, -0.1) is 0 Å². The standard InChI is InChI=1S/C16H24FNS/c1-3-14(12-7-6-8-13(17)11-12)18-15-9-4-5-10-16(15)19-2/h6-8,11,14-16,18H,3-5,9-10H2,1-2H3. The van der Waals surface area contributed by atoms with Gasteiger partial charge in [-0.1, -0.05) is 31.9 Å². The molecule has 106 valence electrons. The van der Waals surface area contributed by atoms with E-state index in [9.17, 15) is 4.39 Å². The number of thioether (sulfide) groups is 1. The largest absolute Gasteiger partial charge is 0.306 e. The molecule has 1 aromatic carbocycles. The van der Waals surface area contributed by atoms with E-state index < -0.39 is 0 Å². The summed E-state index contributed by atoms with van der Waals surface area (Å²) in [5.41, 5.74) is 1.08. The summed E-state index contributed by atoms with van der Waals surface area (Å²) in [7, 11) is 0. The Morgan fingerprint density at radius 3 is 2.84 bits per heavy atom. The van der Waals surface area contributed by atoms with Crippen LogP contribution in [0.2, 0.25) is 0 Å². The molecule has 19 heavy (non-hydrogen) atoms. The number of hydrogen-bond donors (Lipinski definition) is 1. The molecule has 3 heteroatoms. The molecule has 0 aromatic heterocycles. The van der Waals surface area contributed by atoms with Crippen LogP contribution >= 0.6 is 11.8 Å². The Morgan fingerprint density at radius 2 is 2.16 bits per heavy atom. The molecule has 0 aliphatic heterocycles. The second-order valence-corrected chi connectivity index (χ2v) is 6.42. The number of halogens is 1. The summed E-state index contributed by atoms with van der Waals surface area (Å²) in [6.45, 7) is 2.17. The van der Waals surface area contributed by atoms with E-state index in [4.69, 9.17) is 0 Å². The first-order chi connectivity index (χ1) is 9.24. The van der Waals surface area contributed by atoms with Gasteiger partial charge in [0.2, 0.25) is 0 Å². The Morgan fingerprint density at radius 1 is 1.37 bits per heavy atom. The van der Waals surface area contributed by atoms with Crippen LogP contribution in [-0.4, -0.2) is 17.5 Å². The van der Waals surface area contributed by atoms with Gasteiger partial charge in [0.25, 0.3) is 0 Å². The normalized spacial score (nSPS) is 25.2. The van der Waals surface area contributed by atoms with E-state index in [0.717, 1.165) is 12.0 Å². The van der Waals surface area contributed by atoms with Gasteiger partial charge in [0.05, 0.1) is 0 Å². The zero-order valence-electron chi connectivity index (χ0n) is 11.9. The number of benzene rings is 1. The molecule has 1 N–H and O–H groups in total. The lowest BCUT2D eigenvalue weighted by Crippen LogP contribution is -2.42. The third-order valence-electron chi connectivity index (χ3n) is 4.08. The maximum Gasteiger partial charge on any atom is 0.123 e. The summed E-state index contributed by atoms with van der Waals surface area (Å²) in [5, 5.41) is 4.47. The van der Waals surface area contributed by atoms with Crippen LogP contribution in [0, 0.1) is 5.82 Å². The van der Waals surface area contributed by atoms with E-state index in [0.29, 0.717) is 11.3 Å². The molecular formula is C16H24FNS. The lowest BCUT2D eigenvalue weighted by molar-refractivity contribution is 0.342. The van der Waals surface area contributed by atoms with Crippen molar-refractivity contribution < 1.29 is 4.39 Å². The summed E-state index contributed by atoms with van der Waals surface area (Å²) < 4.78 is 13.4. The summed E-state index contributed by atoms with van der Waals surface area (Å²) in [6, 6.07) is 7.85. The minimum absolute atomic E-state index is 0.136. The zero-order valence-corrected chi connectivity index (χ0v) is 12.7. The molecule has 1 aliphatic rings. The molecule has 0 radical (unpaired) electrons. The quantitative estimate of drug-likeness (QED) is 0.850. The van der Waals surface area contributed by atoms with Crippen molar-refractivity contribution in [2.75, 3.05) is 6.26 Å². The van der Waals surface area contributed by atoms with Crippen LogP contribution in [0.4, 0.5) is 4.39 Å². The van der Waals surface area contributed by atoms with Gasteiger partial charge in [0.15, 0.2) is 0 Å². The topological polar surface area (TPSA) is 12.0 Å². The van der Waals surface area contributed by atoms with E-state index in [2.05, 4.69) is 18.5 Å². The molecule has 0 bridgehead atoms.